The lowest BCUT2D eigenvalue weighted by Crippen LogP contribution is -2.40. The number of nitrogens with zero attached hydrogens (tertiary/aromatic N) is 3. The van der Waals surface area contributed by atoms with E-state index in [2.05, 4.69) is 39.5 Å². The highest BCUT2D eigenvalue weighted by molar-refractivity contribution is 5.34. The SMILES string of the molecule is c1cn(-c2ccc(CN3CC4CCCNC4C3)cc2)cn1. The maximum absolute atomic E-state index is 4.09. The van der Waals surface area contributed by atoms with Gasteiger partial charge in [-0.25, -0.2) is 4.98 Å². The molecular weight excluding hydrogens is 260 g/mol. The molecule has 2 unspecified atom stereocenters. The number of benzene rings is 1. The van der Waals surface area contributed by atoms with Crippen molar-refractivity contribution >= 4 is 0 Å². The zero-order valence-corrected chi connectivity index (χ0v) is 12.3. The van der Waals surface area contributed by atoms with Crippen molar-refractivity contribution in [2.75, 3.05) is 19.6 Å². The minimum atomic E-state index is 0.726. The summed E-state index contributed by atoms with van der Waals surface area (Å²) in [7, 11) is 0. The van der Waals surface area contributed by atoms with E-state index in [9.17, 15) is 0 Å². The van der Waals surface area contributed by atoms with Crippen LogP contribution in [0, 0.1) is 5.92 Å². The Hall–Kier alpha value is -1.65. The summed E-state index contributed by atoms with van der Waals surface area (Å²) in [6, 6.07) is 9.57. The number of piperidine rings is 1. The summed E-state index contributed by atoms with van der Waals surface area (Å²) in [5.74, 6) is 0.865. The minimum absolute atomic E-state index is 0.726. The van der Waals surface area contributed by atoms with E-state index in [1.54, 1.807) is 0 Å². The van der Waals surface area contributed by atoms with Crippen LogP contribution in [0.15, 0.2) is 43.0 Å². The van der Waals surface area contributed by atoms with Crippen molar-refractivity contribution in [3.63, 3.8) is 0 Å². The van der Waals surface area contributed by atoms with Gasteiger partial charge in [0.05, 0.1) is 6.33 Å². The van der Waals surface area contributed by atoms with Crippen LogP contribution < -0.4 is 5.32 Å². The first-order valence-electron chi connectivity index (χ1n) is 7.91. The number of likely N-dealkylation sites (tertiary alicyclic amines) is 1. The van der Waals surface area contributed by atoms with Crippen LogP contribution in [0.4, 0.5) is 0 Å². The second kappa shape index (κ2) is 5.62. The molecule has 1 aromatic heterocycles. The molecule has 1 N–H and O–H groups in total. The molecule has 2 fully saturated rings. The third-order valence-corrected chi connectivity index (χ3v) is 4.82. The molecule has 3 heterocycles. The van der Waals surface area contributed by atoms with E-state index in [1.165, 1.54) is 43.7 Å². The summed E-state index contributed by atoms with van der Waals surface area (Å²) in [4.78, 5) is 6.69. The Labute approximate surface area is 125 Å². The van der Waals surface area contributed by atoms with Crippen LogP contribution >= 0.6 is 0 Å². The van der Waals surface area contributed by atoms with Crippen LogP contribution in [-0.2, 0) is 6.54 Å². The number of nitrogens with one attached hydrogen (secondary N) is 1. The fourth-order valence-electron chi connectivity index (χ4n) is 3.71. The van der Waals surface area contributed by atoms with Gasteiger partial charge in [0.2, 0.25) is 0 Å². The summed E-state index contributed by atoms with van der Waals surface area (Å²) in [5.41, 5.74) is 2.57. The van der Waals surface area contributed by atoms with E-state index < -0.39 is 0 Å². The smallest absolute Gasteiger partial charge is 0.0991 e. The summed E-state index contributed by atoms with van der Waals surface area (Å²) >= 11 is 0. The zero-order valence-electron chi connectivity index (χ0n) is 12.3. The molecule has 2 aliphatic rings. The van der Waals surface area contributed by atoms with E-state index in [4.69, 9.17) is 0 Å². The Morgan fingerprint density at radius 2 is 2.10 bits per heavy atom. The van der Waals surface area contributed by atoms with Crippen molar-refractivity contribution in [3.05, 3.63) is 48.5 Å². The lowest BCUT2D eigenvalue weighted by Gasteiger charge is -2.24. The van der Waals surface area contributed by atoms with E-state index in [0.29, 0.717) is 0 Å². The molecule has 1 aromatic carbocycles. The van der Waals surface area contributed by atoms with Gasteiger partial charge in [-0.1, -0.05) is 12.1 Å². The summed E-state index contributed by atoms with van der Waals surface area (Å²) < 4.78 is 2.04. The lowest BCUT2D eigenvalue weighted by atomic mass is 9.94. The van der Waals surface area contributed by atoms with Crippen molar-refractivity contribution in [2.45, 2.75) is 25.4 Å². The quantitative estimate of drug-likeness (QED) is 0.935. The van der Waals surface area contributed by atoms with Gasteiger partial charge in [-0.3, -0.25) is 4.90 Å². The van der Waals surface area contributed by atoms with Crippen molar-refractivity contribution in [2.24, 2.45) is 5.92 Å². The summed E-state index contributed by atoms with van der Waals surface area (Å²) in [6.07, 6.45) is 8.37. The maximum Gasteiger partial charge on any atom is 0.0991 e. The molecule has 0 aliphatic carbocycles. The van der Waals surface area contributed by atoms with Crippen molar-refractivity contribution in [1.29, 1.82) is 0 Å². The molecule has 2 aliphatic heterocycles. The highest BCUT2D eigenvalue weighted by Gasteiger charge is 2.33. The average Bonchev–Trinajstić information content (AvgIpc) is 3.17. The van der Waals surface area contributed by atoms with Gasteiger partial charge in [0.15, 0.2) is 0 Å². The van der Waals surface area contributed by atoms with Crippen LogP contribution in [0.25, 0.3) is 5.69 Å². The molecule has 0 bridgehead atoms. The summed E-state index contributed by atoms with van der Waals surface area (Å²) in [6.45, 7) is 4.72. The van der Waals surface area contributed by atoms with Crippen LogP contribution in [-0.4, -0.2) is 40.1 Å². The highest BCUT2D eigenvalue weighted by atomic mass is 15.2. The Morgan fingerprint density at radius 1 is 1.19 bits per heavy atom. The second-order valence-corrected chi connectivity index (χ2v) is 6.29. The Morgan fingerprint density at radius 3 is 2.86 bits per heavy atom. The Balaban J connectivity index is 1.41. The van der Waals surface area contributed by atoms with Gasteiger partial charge in [-0.05, 0) is 43.0 Å². The van der Waals surface area contributed by atoms with Gasteiger partial charge < -0.3 is 9.88 Å². The minimum Gasteiger partial charge on any atom is -0.312 e. The molecule has 2 atom stereocenters. The largest absolute Gasteiger partial charge is 0.312 e. The monoisotopic (exact) mass is 282 g/mol. The predicted octanol–water partition coefficient (Wildman–Crippen LogP) is 2.06. The Kier molecular flexibility index (Phi) is 3.49. The van der Waals surface area contributed by atoms with Crippen LogP contribution in [0.2, 0.25) is 0 Å². The number of aromatic nitrogens is 2. The van der Waals surface area contributed by atoms with Crippen molar-refractivity contribution in [3.8, 4) is 5.69 Å². The molecule has 4 rings (SSSR count). The normalized spacial score (nSPS) is 25.9. The first-order chi connectivity index (χ1) is 10.4. The molecule has 4 nitrogen and oxygen atoms in total. The molecule has 0 amide bonds. The summed E-state index contributed by atoms with van der Waals surface area (Å²) in [5, 5.41) is 3.67. The molecule has 0 saturated carbocycles. The first kappa shape index (κ1) is 13.0. The molecule has 110 valence electrons. The van der Waals surface area contributed by atoms with Gasteiger partial charge in [0, 0.05) is 43.8 Å². The van der Waals surface area contributed by atoms with Crippen molar-refractivity contribution < 1.29 is 0 Å². The van der Waals surface area contributed by atoms with Crippen LogP contribution in [0.1, 0.15) is 18.4 Å². The molecular formula is C17H22N4. The second-order valence-electron chi connectivity index (χ2n) is 6.29. The van der Waals surface area contributed by atoms with Crippen LogP contribution in [0.5, 0.6) is 0 Å². The fourth-order valence-corrected chi connectivity index (χ4v) is 3.71. The van der Waals surface area contributed by atoms with Gasteiger partial charge in [0.1, 0.15) is 0 Å². The van der Waals surface area contributed by atoms with E-state index in [0.717, 1.165) is 18.5 Å². The highest BCUT2D eigenvalue weighted by Crippen LogP contribution is 2.26. The Bertz CT molecular complexity index is 561. The molecule has 2 aromatic rings. The number of hydrogen-bond donors (Lipinski definition) is 1. The number of imidazole rings is 1. The van der Waals surface area contributed by atoms with E-state index in [1.807, 2.05) is 23.3 Å². The third-order valence-electron chi connectivity index (χ3n) is 4.82. The topological polar surface area (TPSA) is 33.1 Å². The van der Waals surface area contributed by atoms with Gasteiger partial charge >= 0.3 is 0 Å². The lowest BCUT2D eigenvalue weighted by molar-refractivity contribution is 0.312. The number of hydrogen-bond acceptors (Lipinski definition) is 3. The standard InChI is InChI=1S/C17H22N4/c1-2-15-11-20(12-17(15)19-7-1)10-14-3-5-16(6-4-14)21-9-8-18-13-21/h3-6,8-9,13,15,17,19H,1-2,7,10-12H2. The predicted molar refractivity (Wildman–Crippen MR) is 83.4 cm³/mol. The van der Waals surface area contributed by atoms with Crippen LogP contribution in [0.3, 0.4) is 0 Å². The molecule has 2 saturated heterocycles. The maximum atomic E-state index is 4.09. The van der Waals surface area contributed by atoms with E-state index in [-0.39, 0.29) is 0 Å². The van der Waals surface area contributed by atoms with Gasteiger partial charge in [0.25, 0.3) is 0 Å². The fraction of sp³-hybridized carbons (Fsp3) is 0.471. The number of rotatable bonds is 3. The van der Waals surface area contributed by atoms with E-state index >= 15 is 0 Å². The molecule has 4 heteroatoms. The first-order valence-corrected chi connectivity index (χ1v) is 7.91. The number of fused-ring (bicyclic) bond motifs is 1. The van der Waals surface area contributed by atoms with Gasteiger partial charge in [-0.2, -0.15) is 0 Å². The molecule has 0 spiro atoms. The third kappa shape index (κ3) is 2.74. The zero-order chi connectivity index (χ0) is 14.1. The molecule has 0 radical (unpaired) electrons. The van der Waals surface area contributed by atoms with Crippen molar-refractivity contribution in [1.82, 2.24) is 19.8 Å². The average molecular weight is 282 g/mol. The van der Waals surface area contributed by atoms with Gasteiger partial charge in [-0.15, -0.1) is 0 Å². The molecule has 21 heavy (non-hydrogen) atoms.